The van der Waals surface area contributed by atoms with Gasteiger partial charge in [0.15, 0.2) is 5.96 Å². The van der Waals surface area contributed by atoms with Gasteiger partial charge in [-0.25, -0.2) is 9.79 Å². The van der Waals surface area contributed by atoms with Gasteiger partial charge in [-0.2, -0.15) is 0 Å². The van der Waals surface area contributed by atoms with E-state index in [1.807, 2.05) is 45.0 Å². The van der Waals surface area contributed by atoms with E-state index in [2.05, 4.69) is 20.9 Å². The van der Waals surface area contributed by atoms with Crippen molar-refractivity contribution in [3.63, 3.8) is 0 Å². The Morgan fingerprint density at radius 3 is 2.30 bits per heavy atom. The predicted molar refractivity (Wildman–Crippen MR) is 140 cm³/mol. The van der Waals surface area contributed by atoms with Crippen LogP contribution in [-0.2, 0) is 16.1 Å². The zero-order valence-electron chi connectivity index (χ0n) is 20.4. The third-order valence-electron chi connectivity index (χ3n) is 4.87. The van der Waals surface area contributed by atoms with Crippen molar-refractivity contribution in [1.29, 1.82) is 0 Å². The summed E-state index contributed by atoms with van der Waals surface area (Å²) in [4.78, 5) is 30.4. The maximum absolute atomic E-state index is 12.2. The Hall–Kier alpha value is -2.24. The summed E-state index contributed by atoms with van der Waals surface area (Å²) in [6.45, 7) is 6.55. The number of carbonyl (C=O) groups excluding carboxylic acids is 2. The zero-order chi connectivity index (χ0) is 23.7. The molecule has 0 bridgehead atoms. The first kappa shape index (κ1) is 28.8. The molecule has 2 rings (SSSR count). The number of nitrogens with zero attached hydrogens (tertiary/aromatic N) is 2. The number of aliphatic imine (C=N–C) groups is 1. The van der Waals surface area contributed by atoms with Crippen LogP contribution in [0.25, 0.3) is 0 Å². The average Bonchev–Trinajstić information content (AvgIpc) is 3.56. The molecule has 9 nitrogen and oxygen atoms in total. The van der Waals surface area contributed by atoms with Crippen molar-refractivity contribution >= 4 is 41.9 Å². The van der Waals surface area contributed by atoms with Crippen LogP contribution in [0.3, 0.4) is 0 Å². The highest BCUT2D eigenvalue weighted by molar-refractivity contribution is 14.0. The van der Waals surface area contributed by atoms with Crippen LogP contribution in [0.1, 0.15) is 39.2 Å². The van der Waals surface area contributed by atoms with E-state index >= 15 is 0 Å². The summed E-state index contributed by atoms with van der Waals surface area (Å²) in [5.41, 5.74) is 0.460. The summed E-state index contributed by atoms with van der Waals surface area (Å²) >= 11 is 0. The largest absolute Gasteiger partial charge is 0.497 e. The van der Waals surface area contributed by atoms with Crippen molar-refractivity contribution in [1.82, 2.24) is 20.9 Å². The number of benzene rings is 1. The number of amides is 2. The summed E-state index contributed by atoms with van der Waals surface area (Å²) in [7, 11) is 5.04. The monoisotopic (exact) mass is 575 g/mol. The van der Waals surface area contributed by atoms with Gasteiger partial charge in [-0.15, -0.1) is 24.0 Å². The fourth-order valence-corrected chi connectivity index (χ4v) is 2.89. The number of carbonyl (C=O) groups is 2. The lowest BCUT2D eigenvalue weighted by Gasteiger charge is -2.24. The first-order valence-corrected chi connectivity index (χ1v) is 10.9. The van der Waals surface area contributed by atoms with Gasteiger partial charge in [0.1, 0.15) is 11.4 Å². The third kappa shape index (κ3) is 11.4. The maximum atomic E-state index is 12.2. The summed E-state index contributed by atoms with van der Waals surface area (Å²) in [5.74, 6) is 1.63. The molecular formula is C23H38IN5O4. The van der Waals surface area contributed by atoms with Crippen LogP contribution in [0.2, 0.25) is 0 Å². The normalized spacial score (nSPS) is 14.4. The summed E-state index contributed by atoms with van der Waals surface area (Å²) in [6.07, 6.45) is 1.70. The van der Waals surface area contributed by atoms with Crippen molar-refractivity contribution in [3.05, 3.63) is 29.8 Å². The number of methoxy groups -OCH3 is 1. The molecule has 1 aliphatic carbocycles. The van der Waals surface area contributed by atoms with Crippen LogP contribution in [0.5, 0.6) is 5.75 Å². The topological polar surface area (TPSA) is 104 Å². The molecule has 186 valence electrons. The molecule has 0 heterocycles. The Balaban J connectivity index is 0.00000544. The van der Waals surface area contributed by atoms with E-state index in [1.54, 1.807) is 21.2 Å². The Morgan fingerprint density at radius 2 is 1.79 bits per heavy atom. The molecule has 1 unspecified atom stereocenters. The predicted octanol–water partition coefficient (Wildman–Crippen LogP) is 2.74. The van der Waals surface area contributed by atoms with Crippen molar-refractivity contribution in [2.45, 2.75) is 51.8 Å². The van der Waals surface area contributed by atoms with Crippen molar-refractivity contribution in [2.24, 2.45) is 10.9 Å². The number of rotatable bonds is 9. The molecule has 0 aromatic heterocycles. The van der Waals surface area contributed by atoms with E-state index in [9.17, 15) is 9.59 Å². The van der Waals surface area contributed by atoms with Crippen LogP contribution in [-0.4, -0.2) is 68.8 Å². The van der Waals surface area contributed by atoms with Gasteiger partial charge in [0.25, 0.3) is 0 Å². The van der Waals surface area contributed by atoms with Crippen LogP contribution in [0, 0.1) is 5.92 Å². The SMILES string of the molecule is COc1ccc(CN=C(NCC(=O)N(C)C)NCC(NC(=O)OC(C)(C)C)C2CC2)cc1.I. The van der Waals surface area contributed by atoms with Gasteiger partial charge in [-0.05, 0) is 57.2 Å². The van der Waals surface area contributed by atoms with E-state index in [1.165, 1.54) is 4.90 Å². The van der Waals surface area contributed by atoms with Gasteiger partial charge < -0.3 is 30.3 Å². The Labute approximate surface area is 214 Å². The number of ether oxygens (including phenoxy) is 2. The number of guanidine groups is 1. The summed E-state index contributed by atoms with van der Waals surface area (Å²) in [6, 6.07) is 7.58. The molecule has 10 heteroatoms. The Bertz CT molecular complexity index is 789. The molecule has 1 fully saturated rings. The molecular weight excluding hydrogens is 537 g/mol. The minimum absolute atomic E-state index is 0. The molecule has 0 aliphatic heterocycles. The lowest BCUT2D eigenvalue weighted by Crippen LogP contribution is -2.50. The summed E-state index contributed by atoms with van der Waals surface area (Å²) in [5, 5.41) is 9.31. The molecule has 0 saturated heterocycles. The standard InChI is InChI=1S/C23H37N5O4.HI/c1-23(2,3)32-22(30)27-19(17-9-10-17)14-25-21(26-15-20(29)28(4)5)24-13-16-7-11-18(31-6)12-8-16;/h7-8,11-12,17,19H,9-10,13-15H2,1-6H3,(H,27,30)(H2,24,25,26);1H. The molecule has 3 N–H and O–H groups in total. The number of halogens is 1. The molecule has 1 saturated carbocycles. The molecule has 1 aliphatic rings. The van der Waals surface area contributed by atoms with Crippen LogP contribution in [0.15, 0.2) is 29.3 Å². The van der Waals surface area contributed by atoms with E-state index in [0.717, 1.165) is 24.2 Å². The quantitative estimate of drug-likeness (QED) is 0.238. The Morgan fingerprint density at radius 1 is 1.15 bits per heavy atom. The first-order chi connectivity index (χ1) is 15.1. The highest BCUT2D eigenvalue weighted by Gasteiger charge is 2.33. The van der Waals surface area contributed by atoms with Crippen molar-refractivity contribution < 1.29 is 19.1 Å². The second kappa shape index (κ2) is 13.5. The zero-order valence-corrected chi connectivity index (χ0v) is 22.8. The van der Waals surface area contributed by atoms with E-state index < -0.39 is 11.7 Å². The molecule has 33 heavy (non-hydrogen) atoms. The van der Waals surface area contributed by atoms with Gasteiger partial charge >= 0.3 is 6.09 Å². The third-order valence-corrected chi connectivity index (χ3v) is 4.87. The minimum atomic E-state index is -0.551. The fourth-order valence-electron chi connectivity index (χ4n) is 2.89. The van der Waals surface area contributed by atoms with Gasteiger partial charge in [0.2, 0.25) is 5.91 Å². The van der Waals surface area contributed by atoms with Crippen LogP contribution < -0.4 is 20.7 Å². The summed E-state index contributed by atoms with van der Waals surface area (Å²) < 4.78 is 10.6. The second-order valence-electron chi connectivity index (χ2n) is 9.13. The maximum Gasteiger partial charge on any atom is 0.407 e. The lowest BCUT2D eigenvalue weighted by molar-refractivity contribution is -0.127. The van der Waals surface area contributed by atoms with Gasteiger partial charge in [0, 0.05) is 20.6 Å². The van der Waals surface area contributed by atoms with Gasteiger partial charge in [0.05, 0.1) is 26.2 Å². The molecule has 2 amide bonds. The molecule has 1 aromatic carbocycles. The fraction of sp³-hybridized carbons (Fsp3) is 0.609. The second-order valence-corrected chi connectivity index (χ2v) is 9.13. The molecule has 1 aromatic rings. The molecule has 0 spiro atoms. The number of likely N-dealkylation sites (N-methyl/N-ethyl adjacent to an activating group) is 1. The molecule has 0 radical (unpaired) electrons. The van der Waals surface area contributed by atoms with E-state index in [-0.39, 0.29) is 42.5 Å². The number of hydrogen-bond acceptors (Lipinski definition) is 5. The van der Waals surface area contributed by atoms with Crippen molar-refractivity contribution in [3.8, 4) is 5.75 Å². The number of hydrogen-bond donors (Lipinski definition) is 3. The Kier molecular flexibility index (Phi) is 11.7. The van der Waals surface area contributed by atoms with Crippen LogP contribution in [0.4, 0.5) is 4.79 Å². The van der Waals surface area contributed by atoms with Gasteiger partial charge in [-0.1, -0.05) is 12.1 Å². The average molecular weight is 575 g/mol. The minimum Gasteiger partial charge on any atom is -0.497 e. The first-order valence-electron chi connectivity index (χ1n) is 10.9. The molecule has 1 atom stereocenters. The highest BCUT2D eigenvalue weighted by Crippen LogP contribution is 2.32. The van der Waals surface area contributed by atoms with Crippen molar-refractivity contribution in [2.75, 3.05) is 34.3 Å². The smallest absolute Gasteiger partial charge is 0.407 e. The van der Waals surface area contributed by atoms with E-state index in [4.69, 9.17) is 9.47 Å². The lowest BCUT2D eigenvalue weighted by atomic mass is 10.2. The van der Waals surface area contributed by atoms with E-state index in [0.29, 0.717) is 25.0 Å². The number of nitrogens with one attached hydrogen (secondary N) is 3. The van der Waals surface area contributed by atoms with Crippen LogP contribution >= 0.6 is 24.0 Å². The van der Waals surface area contributed by atoms with Gasteiger partial charge in [-0.3, -0.25) is 4.79 Å². The highest BCUT2D eigenvalue weighted by atomic mass is 127. The number of alkyl carbamates (subject to hydrolysis) is 1.